The summed E-state index contributed by atoms with van der Waals surface area (Å²) in [6, 6.07) is 18.9. The molecular formula is C14H14O. The van der Waals surface area contributed by atoms with Crippen LogP contribution in [0.5, 0.6) is 5.75 Å². The Morgan fingerprint density at radius 3 is 1.53 bits per heavy atom. The molecule has 0 aliphatic rings. The number of phenols is 1. The van der Waals surface area contributed by atoms with Crippen molar-refractivity contribution in [2.75, 3.05) is 0 Å². The van der Waals surface area contributed by atoms with E-state index in [1.54, 1.807) is 18.2 Å². The lowest BCUT2D eigenvalue weighted by molar-refractivity contribution is 0.475. The van der Waals surface area contributed by atoms with Gasteiger partial charge in [-0.15, -0.1) is 0 Å². The SMILES string of the molecule is C=Cc1ccc(O)cc1.c1ccccc1. The Bertz CT molecular complexity index is 349. The summed E-state index contributed by atoms with van der Waals surface area (Å²) >= 11 is 0. The van der Waals surface area contributed by atoms with Gasteiger partial charge in [-0.1, -0.05) is 61.2 Å². The minimum absolute atomic E-state index is 0.292. The zero-order valence-electron chi connectivity index (χ0n) is 8.51. The normalized spacial score (nSPS) is 8.53. The van der Waals surface area contributed by atoms with Crippen LogP contribution in [0.1, 0.15) is 5.56 Å². The lowest BCUT2D eigenvalue weighted by Gasteiger charge is -1.90. The molecule has 2 rings (SSSR count). The maximum atomic E-state index is 8.82. The van der Waals surface area contributed by atoms with Crippen LogP contribution in [0.25, 0.3) is 6.08 Å². The summed E-state index contributed by atoms with van der Waals surface area (Å²) in [5.41, 5.74) is 1.02. The number of hydrogen-bond donors (Lipinski definition) is 1. The van der Waals surface area contributed by atoms with Gasteiger partial charge in [-0.2, -0.15) is 0 Å². The van der Waals surface area contributed by atoms with E-state index in [9.17, 15) is 0 Å². The molecule has 0 saturated heterocycles. The van der Waals surface area contributed by atoms with Crippen LogP contribution in [0.15, 0.2) is 67.2 Å². The summed E-state index contributed by atoms with van der Waals surface area (Å²) in [6.07, 6.45) is 1.74. The topological polar surface area (TPSA) is 20.2 Å². The minimum atomic E-state index is 0.292. The van der Waals surface area contributed by atoms with E-state index in [2.05, 4.69) is 6.58 Å². The monoisotopic (exact) mass is 198 g/mol. The minimum Gasteiger partial charge on any atom is -0.508 e. The lowest BCUT2D eigenvalue weighted by Crippen LogP contribution is -1.67. The van der Waals surface area contributed by atoms with E-state index < -0.39 is 0 Å². The fourth-order valence-corrected chi connectivity index (χ4v) is 0.995. The smallest absolute Gasteiger partial charge is 0.115 e. The number of aromatic hydroxyl groups is 1. The quantitative estimate of drug-likeness (QED) is 0.740. The van der Waals surface area contributed by atoms with Gasteiger partial charge >= 0.3 is 0 Å². The van der Waals surface area contributed by atoms with Crippen LogP contribution >= 0.6 is 0 Å². The molecule has 0 amide bonds. The molecule has 15 heavy (non-hydrogen) atoms. The molecule has 1 N–H and O–H groups in total. The highest BCUT2D eigenvalue weighted by Crippen LogP contribution is 2.09. The van der Waals surface area contributed by atoms with Gasteiger partial charge in [-0.3, -0.25) is 0 Å². The van der Waals surface area contributed by atoms with E-state index in [4.69, 9.17) is 5.11 Å². The number of rotatable bonds is 1. The van der Waals surface area contributed by atoms with E-state index in [-0.39, 0.29) is 0 Å². The van der Waals surface area contributed by atoms with Crippen molar-refractivity contribution in [2.45, 2.75) is 0 Å². The van der Waals surface area contributed by atoms with Crippen LogP contribution in [0.2, 0.25) is 0 Å². The average Bonchev–Trinajstić information content (AvgIpc) is 2.33. The van der Waals surface area contributed by atoms with Crippen LogP contribution in [0.4, 0.5) is 0 Å². The van der Waals surface area contributed by atoms with Crippen molar-refractivity contribution in [3.63, 3.8) is 0 Å². The molecule has 76 valence electrons. The van der Waals surface area contributed by atoms with Crippen LogP contribution < -0.4 is 0 Å². The fraction of sp³-hybridized carbons (Fsp3) is 0. The zero-order valence-corrected chi connectivity index (χ0v) is 8.51. The molecule has 0 aliphatic heterocycles. The van der Waals surface area contributed by atoms with Crippen molar-refractivity contribution in [3.05, 3.63) is 72.8 Å². The predicted octanol–water partition coefficient (Wildman–Crippen LogP) is 3.72. The lowest BCUT2D eigenvalue weighted by atomic mass is 10.2. The van der Waals surface area contributed by atoms with E-state index in [0.717, 1.165) is 5.56 Å². The molecule has 0 radical (unpaired) electrons. The molecule has 0 aromatic heterocycles. The maximum absolute atomic E-state index is 8.82. The van der Waals surface area contributed by atoms with E-state index in [1.807, 2.05) is 48.5 Å². The maximum Gasteiger partial charge on any atom is 0.115 e. The molecule has 1 heteroatoms. The first kappa shape index (κ1) is 11.1. The standard InChI is InChI=1S/C8H8O.C6H6/c1-2-7-3-5-8(9)6-4-7;1-2-4-6-5-3-1/h2-6,9H,1H2;1-6H. The van der Waals surface area contributed by atoms with Crippen molar-refractivity contribution in [3.8, 4) is 5.75 Å². The first-order chi connectivity index (χ1) is 7.33. The third kappa shape index (κ3) is 4.67. The molecular weight excluding hydrogens is 184 g/mol. The molecule has 2 aromatic rings. The van der Waals surface area contributed by atoms with Crippen LogP contribution in [0.3, 0.4) is 0 Å². The van der Waals surface area contributed by atoms with E-state index >= 15 is 0 Å². The second kappa shape index (κ2) is 6.44. The van der Waals surface area contributed by atoms with Crippen molar-refractivity contribution < 1.29 is 5.11 Å². The Kier molecular flexibility index (Phi) is 4.74. The molecule has 0 heterocycles. The second-order valence-corrected chi connectivity index (χ2v) is 2.95. The highest BCUT2D eigenvalue weighted by atomic mass is 16.3. The van der Waals surface area contributed by atoms with Crippen molar-refractivity contribution in [2.24, 2.45) is 0 Å². The van der Waals surface area contributed by atoms with Crippen molar-refractivity contribution in [1.82, 2.24) is 0 Å². The Hall–Kier alpha value is -2.02. The van der Waals surface area contributed by atoms with Crippen molar-refractivity contribution >= 4 is 6.08 Å². The zero-order chi connectivity index (χ0) is 10.9. The fourth-order valence-electron chi connectivity index (χ4n) is 0.995. The molecule has 0 spiro atoms. The van der Waals surface area contributed by atoms with Crippen LogP contribution in [-0.4, -0.2) is 5.11 Å². The van der Waals surface area contributed by atoms with Gasteiger partial charge in [0, 0.05) is 0 Å². The van der Waals surface area contributed by atoms with Crippen LogP contribution in [0, 0.1) is 0 Å². The predicted molar refractivity (Wildman–Crippen MR) is 64.6 cm³/mol. The Morgan fingerprint density at radius 1 is 0.800 bits per heavy atom. The molecule has 0 fully saturated rings. The largest absolute Gasteiger partial charge is 0.508 e. The van der Waals surface area contributed by atoms with Gasteiger partial charge in [0.05, 0.1) is 0 Å². The van der Waals surface area contributed by atoms with Gasteiger partial charge in [0.15, 0.2) is 0 Å². The van der Waals surface area contributed by atoms with Crippen molar-refractivity contribution in [1.29, 1.82) is 0 Å². The molecule has 0 unspecified atom stereocenters. The van der Waals surface area contributed by atoms with E-state index in [1.165, 1.54) is 0 Å². The van der Waals surface area contributed by atoms with Crippen LogP contribution in [-0.2, 0) is 0 Å². The third-order valence-corrected chi connectivity index (χ3v) is 1.80. The highest BCUT2D eigenvalue weighted by molar-refractivity contribution is 5.47. The van der Waals surface area contributed by atoms with Gasteiger partial charge in [0.1, 0.15) is 5.75 Å². The summed E-state index contributed by atoms with van der Waals surface area (Å²) in [6.45, 7) is 3.58. The second-order valence-electron chi connectivity index (χ2n) is 2.95. The summed E-state index contributed by atoms with van der Waals surface area (Å²) in [7, 11) is 0. The molecule has 0 bridgehead atoms. The number of benzene rings is 2. The summed E-state index contributed by atoms with van der Waals surface area (Å²) in [5, 5.41) is 8.82. The third-order valence-electron chi connectivity index (χ3n) is 1.80. The van der Waals surface area contributed by atoms with E-state index in [0.29, 0.717) is 5.75 Å². The summed E-state index contributed by atoms with van der Waals surface area (Å²) in [5.74, 6) is 0.292. The van der Waals surface area contributed by atoms with Gasteiger partial charge in [-0.25, -0.2) is 0 Å². The highest BCUT2D eigenvalue weighted by Gasteiger charge is 1.84. The summed E-state index contributed by atoms with van der Waals surface area (Å²) in [4.78, 5) is 0. The Balaban J connectivity index is 0.000000162. The Labute approximate surface area is 90.3 Å². The first-order valence-electron chi connectivity index (χ1n) is 4.74. The van der Waals surface area contributed by atoms with Gasteiger partial charge in [0.2, 0.25) is 0 Å². The molecule has 0 saturated carbocycles. The summed E-state index contributed by atoms with van der Waals surface area (Å²) < 4.78 is 0. The number of hydrogen-bond acceptors (Lipinski definition) is 1. The van der Waals surface area contributed by atoms with Gasteiger partial charge in [-0.05, 0) is 17.7 Å². The molecule has 2 aromatic carbocycles. The Morgan fingerprint density at radius 2 is 1.20 bits per heavy atom. The molecule has 0 atom stereocenters. The average molecular weight is 198 g/mol. The van der Waals surface area contributed by atoms with Gasteiger partial charge in [0.25, 0.3) is 0 Å². The molecule has 0 aliphatic carbocycles. The molecule has 1 nitrogen and oxygen atoms in total. The van der Waals surface area contributed by atoms with Gasteiger partial charge < -0.3 is 5.11 Å². The first-order valence-corrected chi connectivity index (χ1v) is 4.74. The number of phenolic OH excluding ortho intramolecular Hbond substituents is 1.